The van der Waals surface area contributed by atoms with Crippen LogP contribution in [0.5, 0.6) is 0 Å². The van der Waals surface area contributed by atoms with Crippen LogP contribution in [0.1, 0.15) is 22.4 Å². The summed E-state index contributed by atoms with van der Waals surface area (Å²) in [4.78, 5) is 15.8. The first-order valence-electron chi connectivity index (χ1n) is 10.5. The van der Waals surface area contributed by atoms with Gasteiger partial charge in [-0.1, -0.05) is 77.8 Å². The third-order valence-corrected chi connectivity index (χ3v) is 5.95. The van der Waals surface area contributed by atoms with Crippen molar-refractivity contribution in [3.63, 3.8) is 0 Å². The van der Waals surface area contributed by atoms with Crippen molar-refractivity contribution < 1.29 is 0 Å². The van der Waals surface area contributed by atoms with Crippen LogP contribution in [0, 0.1) is 13.8 Å². The first-order valence-corrected chi connectivity index (χ1v) is 10.9. The summed E-state index contributed by atoms with van der Waals surface area (Å²) in [5.74, 6) is 0. The fourth-order valence-electron chi connectivity index (χ4n) is 4.22. The number of nitrogens with one attached hydrogen (secondary N) is 1. The molecule has 0 unspecified atom stereocenters. The lowest BCUT2D eigenvalue weighted by Gasteiger charge is -2.09. The molecule has 5 aromatic rings. The van der Waals surface area contributed by atoms with Gasteiger partial charge in [0, 0.05) is 28.6 Å². The molecule has 0 aliphatic rings. The molecule has 4 nitrogen and oxygen atoms in total. The van der Waals surface area contributed by atoms with Gasteiger partial charge in [-0.2, -0.15) is 5.10 Å². The van der Waals surface area contributed by atoms with E-state index < -0.39 is 0 Å². The minimum atomic E-state index is -0.158. The highest BCUT2D eigenvalue weighted by atomic mass is 35.5. The average Bonchev–Trinajstić information content (AvgIpc) is 3.12. The lowest BCUT2D eigenvalue weighted by molar-refractivity contribution is 0.898. The lowest BCUT2D eigenvalue weighted by Crippen LogP contribution is -2.10. The molecule has 0 aliphatic carbocycles. The molecule has 158 valence electrons. The number of fused-ring (bicyclic) bond motifs is 1. The van der Waals surface area contributed by atoms with Gasteiger partial charge in [0.05, 0.1) is 11.4 Å². The van der Waals surface area contributed by atoms with Crippen LogP contribution in [-0.4, -0.2) is 14.6 Å². The molecule has 3 aromatic carbocycles. The Labute approximate surface area is 191 Å². The number of aryl methyl sites for hydroxylation is 2. The predicted octanol–water partition coefficient (Wildman–Crippen LogP) is 6.22. The SMILES string of the molecule is Cc1ccc(-c2cc(=O)[nH]c3c(-c4ccc(Cl)cc4)c(Cc4ccccc4)nn23)c(C)c1. The van der Waals surface area contributed by atoms with Crippen LogP contribution in [0.3, 0.4) is 0 Å². The van der Waals surface area contributed by atoms with E-state index in [1.54, 1.807) is 6.07 Å². The number of hydrogen-bond donors (Lipinski definition) is 1. The molecule has 0 aliphatic heterocycles. The number of rotatable bonds is 4. The van der Waals surface area contributed by atoms with Crippen molar-refractivity contribution in [2.24, 2.45) is 0 Å². The molecule has 5 rings (SSSR count). The van der Waals surface area contributed by atoms with Crippen molar-refractivity contribution in [1.29, 1.82) is 0 Å². The molecule has 0 spiro atoms. The Hall–Kier alpha value is -3.63. The third kappa shape index (κ3) is 3.74. The Bertz CT molecular complexity index is 1480. The summed E-state index contributed by atoms with van der Waals surface area (Å²) in [5, 5.41) is 5.67. The third-order valence-electron chi connectivity index (χ3n) is 5.70. The molecule has 0 amide bonds. The van der Waals surface area contributed by atoms with Crippen molar-refractivity contribution >= 4 is 17.2 Å². The maximum absolute atomic E-state index is 12.7. The van der Waals surface area contributed by atoms with Gasteiger partial charge in [-0.15, -0.1) is 0 Å². The molecule has 5 heteroatoms. The highest BCUT2D eigenvalue weighted by Gasteiger charge is 2.19. The molecule has 1 N–H and O–H groups in total. The van der Waals surface area contributed by atoms with Gasteiger partial charge < -0.3 is 4.98 Å². The van der Waals surface area contributed by atoms with Crippen molar-refractivity contribution in [1.82, 2.24) is 14.6 Å². The zero-order chi connectivity index (χ0) is 22.2. The van der Waals surface area contributed by atoms with Gasteiger partial charge in [0.15, 0.2) is 0 Å². The number of H-pyrrole nitrogens is 1. The van der Waals surface area contributed by atoms with E-state index in [0.717, 1.165) is 39.2 Å². The Morgan fingerprint density at radius 1 is 0.938 bits per heavy atom. The smallest absolute Gasteiger partial charge is 0.251 e. The Morgan fingerprint density at radius 2 is 1.69 bits per heavy atom. The van der Waals surface area contributed by atoms with E-state index in [1.807, 2.05) is 47.0 Å². The summed E-state index contributed by atoms with van der Waals surface area (Å²) in [6.45, 7) is 4.12. The number of benzene rings is 3. The van der Waals surface area contributed by atoms with E-state index in [9.17, 15) is 4.79 Å². The van der Waals surface area contributed by atoms with Crippen molar-refractivity contribution in [3.8, 4) is 22.4 Å². The Morgan fingerprint density at radius 3 is 2.41 bits per heavy atom. The highest BCUT2D eigenvalue weighted by Crippen LogP contribution is 2.32. The molecule has 32 heavy (non-hydrogen) atoms. The van der Waals surface area contributed by atoms with E-state index in [2.05, 4.69) is 49.2 Å². The van der Waals surface area contributed by atoms with Gasteiger partial charge in [-0.05, 0) is 42.7 Å². The second-order valence-corrected chi connectivity index (χ2v) is 8.53. The Kier molecular flexibility index (Phi) is 5.16. The van der Waals surface area contributed by atoms with E-state index in [1.165, 1.54) is 5.56 Å². The normalized spacial score (nSPS) is 11.2. The number of nitrogens with zero attached hydrogens (tertiary/aromatic N) is 2. The molecule has 2 aromatic heterocycles. The van der Waals surface area contributed by atoms with E-state index in [-0.39, 0.29) is 5.56 Å². The molecule has 0 atom stereocenters. The summed E-state index contributed by atoms with van der Waals surface area (Å²) in [6, 6.07) is 25.7. The van der Waals surface area contributed by atoms with E-state index in [0.29, 0.717) is 17.1 Å². The average molecular weight is 440 g/mol. The minimum absolute atomic E-state index is 0.158. The van der Waals surface area contributed by atoms with Crippen LogP contribution in [0.4, 0.5) is 0 Å². The predicted molar refractivity (Wildman–Crippen MR) is 130 cm³/mol. The molecule has 0 bridgehead atoms. The summed E-state index contributed by atoms with van der Waals surface area (Å²) < 4.78 is 1.86. The van der Waals surface area contributed by atoms with Gasteiger partial charge in [0.1, 0.15) is 5.65 Å². The summed E-state index contributed by atoms with van der Waals surface area (Å²) in [7, 11) is 0. The van der Waals surface area contributed by atoms with Gasteiger partial charge >= 0.3 is 0 Å². The van der Waals surface area contributed by atoms with Crippen molar-refractivity contribution in [2.75, 3.05) is 0 Å². The number of hydrogen-bond acceptors (Lipinski definition) is 2. The van der Waals surface area contributed by atoms with Crippen molar-refractivity contribution in [3.05, 3.63) is 117 Å². The van der Waals surface area contributed by atoms with Gasteiger partial charge in [-0.3, -0.25) is 4.79 Å². The molecule has 0 saturated carbocycles. The quantitative estimate of drug-likeness (QED) is 0.361. The van der Waals surface area contributed by atoms with Gasteiger partial charge in [0.2, 0.25) is 0 Å². The number of aromatic nitrogens is 3. The van der Waals surface area contributed by atoms with Crippen LogP contribution in [-0.2, 0) is 6.42 Å². The molecule has 0 saturated heterocycles. The monoisotopic (exact) mass is 439 g/mol. The largest absolute Gasteiger partial charge is 0.306 e. The lowest BCUT2D eigenvalue weighted by atomic mass is 10.0. The molecule has 0 fully saturated rings. The maximum Gasteiger partial charge on any atom is 0.251 e. The van der Waals surface area contributed by atoms with Crippen LogP contribution < -0.4 is 5.56 Å². The number of aromatic amines is 1. The van der Waals surface area contributed by atoms with Crippen molar-refractivity contribution in [2.45, 2.75) is 20.3 Å². The van der Waals surface area contributed by atoms with Crippen LogP contribution in [0.25, 0.3) is 28.0 Å². The van der Waals surface area contributed by atoms with Crippen LogP contribution in [0.2, 0.25) is 5.02 Å². The Balaban J connectivity index is 1.81. The number of halogens is 1. The van der Waals surface area contributed by atoms with E-state index in [4.69, 9.17) is 16.7 Å². The first-order chi connectivity index (χ1) is 15.5. The topological polar surface area (TPSA) is 50.2 Å². The highest BCUT2D eigenvalue weighted by molar-refractivity contribution is 6.30. The minimum Gasteiger partial charge on any atom is -0.306 e. The fourth-order valence-corrected chi connectivity index (χ4v) is 4.34. The molecule has 0 radical (unpaired) electrons. The summed E-state index contributed by atoms with van der Waals surface area (Å²) in [6.07, 6.45) is 0.648. The van der Waals surface area contributed by atoms with E-state index >= 15 is 0 Å². The molecule has 2 heterocycles. The second kappa shape index (κ2) is 8.13. The fraction of sp³-hybridized carbons (Fsp3) is 0.111. The first kappa shape index (κ1) is 20.3. The summed E-state index contributed by atoms with van der Waals surface area (Å²) >= 11 is 6.14. The van der Waals surface area contributed by atoms with Crippen LogP contribution in [0.15, 0.2) is 83.7 Å². The summed E-state index contributed by atoms with van der Waals surface area (Å²) in [5.41, 5.74) is 8.49. The second-order valence-electron chi connectivity index (χ2n) is 8.09. The molecular weight excluding hydrogens is 418 g/mol. The zero-order valence-electron chi connectivity index (χ0n) is 17.9. The maximum atomic E-state index is 12.7. The van der Waals surface area contributed by atoms with Crippen LogP contribution >= 0.6 is 11.6 Å². The standard InChI is InChI=1S/C27H22ClN3O/c1-17-8-13-22(18(2)14-17)24-16-25(32)29-27-26(20-9-11-21(28)12-10-20)23(30-31(24)27)15-19-6-4-3-5-7-19/h3-14,16H,15H2,1-2H3,(H,29,32). The van der Waals surface area contributed by atoms with Gasteiger partial charge in [-0.25, -0.2) is 4.52 Å². The zero-order valence-corrected chi connectivity index (χ0v) is 18.6. The van der Waals surface area contributed by atoms with Gasteiger partial charge in [0.25, 0.3) is 5.56 Å². The molecular formula is C27H22ClN3O.